The van der Waals surface area contributed by atoms with E-state index in [-0.39, 0.29) is 17.4 Å². The molecule has 0 heterocycles. The summed E-state index contributed by atoms with van der Waals surface area (Å²) in [5.41, 5.74) is 1.52. The third kappa shape index (κ3) is 6.42. The number of hydrogen-bond donors (Lipinski definition) is 1. The van der Waals surface area contributed by atoms with Crippen LogP contribution in [0.15, 0.2) is 95.9 Å². The first-order valence-corrected chi connectivity index (χ1v) is 13.8. The molecule has 0 fully saturated rings. The maximum atomic E-state index is 13.5. The van der Waals surface area contributed by atoms with E-state index in [9.17, 15) is 13.2 Å². The Bertz CT molecular complexity index is 1480. The summed E-state index contributed by atoms with van der Waals surface area (Å²) in [6, 6.07) is 26.9. The molecule has 0 saturated carbocycles. The number of carbonyl (C=O) groups is 1. The SMILES string of the molecule is COc1ccc(S(=O)(=O)N(CC(=O)NCC(C)Cc2cccc3ccccc23)c2cccc(Cl)c2)cc1. The Hall–Kier alpha value is -3.55. The van der Waals surface area contributed by atoms with Crippen molar-refractivity contribution in [2.75, 3.05) is 24.5 Å². The number of benzene rings is 4. The molecule has 0 spiro atoms. The number of halogens is 1. The highest BCUT2D eigenvalue weighted by molar-refractivity contribution is 7.92. The van der Waals surface area contributed by atoms with Crippen LogP contribution in [-0.2, 0) is 21.2 Å². The van der Waals surface area contributed by atoms with E-state index >= 15 is 0 Å². The number of nitrogens with one attached hydrogen (secondary N) is 1. The molecular formula is C29H29ClN2O4S. The van der Waals surface area contributed by atoms with Gasteiger partial charge in [-0.2, -0.15) is 0 Å². The van der Waals surface area contributed by atoms with Crippen LogP contribution in [0.4, 0.5) is 5.69 Å². The minimum Gasteiger partial charge on any atom is -0.497 e. The van der Waals surface area contributed by atoms with Gasteiger partial charge in [0.2, 0.25) is 5.91 Å². The largest absolute Gasteiger partial charge is 0.497 e. The lowest BCUT2D eigenvalue weighted by Gasteiger charge is -2.25. The molecular weight excluding hydrogens is 508 g/mol. The predicted octanol–water partition coefficient (Wildman–Crippen LogP) is 5.69. The molecule has 0 aliphatic heterocycles. The van der Waals surface area contributed by atoms with Gasteiger partial charge in [0.1, 0.15) is 12.3 Å². The zero-order chi connectivity index (χ0) is 26.4. The molecule has 192 valence electrons. The number of anilines is 1. The molecule has 4 rings (SSSR count). The van der Waals surface area contributed by atoms with Gasteiger partial charge in [0.25, 0.3) is 10.0 Å². The van der Waals surface area contributed by atoms with Crippen LogP contribution < -0.4 is 14.4 Å². The molecule has 0 aliphatic rings. The van der Waals surface area contributed by atoms with Crippen LogP contribution >= 0.6 is 11.6 Å². The molecule has 6 nitrogen and oxygen atoms in total. The molecule has 0 aliphatic carbocycles. The fraction of sp³-hybridized carbons (Fsp3) is 0.207. The van der Waals surface area contributed by atoms with Crippen molar-refractivity contribution < 1.29 is 17.9 Å². The summed E-state index contributed by atoms with van der Waals surface area (Å²) in [6.07, 6.45) is 0.782. The Balaban J connectivity index is 1.48. The van der Waals surface area contributed by atoms with Crippen LogP contribution in [0.5, 0.6) is 5.75 Å². The second-order valence-electron chi connectivity index (χ2n) is 8.92. The van der Waals surface area contributed by atoms with Gasteiger partial charge in [-0.1, -0.05) is 67.1 Å². The number of fused-ring (bicyclic) bond motifs is 1. The van der Waals surface area contributed by atoms with Crippen LogP contribution in [0.1, 0.15) is 12.5 Å². The summed E-state index contributed by atoms with van der Waals surface area (Å²) < 4.78 is 33.3. The van der Waals surface area contributed by atoms with Crippen LogP contribution in [0.25, 0.3) is 10.8 Å². The Morgan fingerprint density at radius 1 is 0.973 bits per heavy atom. The maximum absolute atomic E-state index is 13.5. The summed E-state index contributed by atoms with van der Waals surface area (Å²) in [4.78, 5) is 13.0. The van der Waals surface area contributed by atoms with Gasteiger partial charge in [-0.25, -0.2) is 8.42 Å². The lowest BCUT2D eigenvalue weighted by molar-refractivity contribution is -0.119. The number of amides is 1. The average Bonchev–Trinajstić information content (AvgIpc) is 2.90. The number of rotatable bonds is 10. The third-order valence-corrected chi connectivity index (χ3v) is 8.15. The standard InChI is InChI=1S/C29H29ClN2O4S/c1-21(17-23-9-5-8-22-7-3-4-12-28(22)23)19-31-29(33)20-32(25-11-6-10-24(30)18-25)37(34,35)27-15-13-26(36-2)14-16-27/h3-16,18,21H,17,19-20H2,1-2H3,(H,31,33). The van der Waals surface area contributed by atoms with Crippen molar-refractivity contribution in [3.8, 4) is 5.75 Å². The van der Waals surface area contributed by atoms with E-state index in [4.69, 9.17) is 16.3 Å². The molecule has 0 saturated heterocycles. The maximum Gasteiger partial charge on any atom is 0.264 e. The summed E-state index contributed by atoms with van der Waals surface area (Å²) >= 11 is 6.14. The molecule has 1 amide bonds. The zero-order valence-electron chi connectivity index (χ0n) is 20.7. The van der Waals surface area contributed by atoms with E-state index in [1.165, 1.54) is 41.6 Å². The first kappa shape index (κ1) is 26.5. The first-order valence-electron chi connectivity index (χ1n) is 11.9. The van der Waals surface area contributed by atoms with E-state index in [0.29, 0.717) is 23.0 Å². The van der Waals surface area contributed by atoms with Crippen LogP contribution in [-0.4, -0.2) is 34.5 Å². The highest BCUT2D eigenvalue weighted by Crippen LogP contribution is 2.27. The van der Waals surface area contributed by atoms with Crippen molar-refractivity contribution in [3.63, 3.8) is 0 Å². The van der Waals surface area contributed by atoms with Gasteiger partial charge >= 0.3 is 0 Å². The fourth-order valence-corrected chi connectivity index (χ4v) is 5.81. The van der Waals surface area contributed by atoms with Gasteiger partial charge in [-0.3, -0.25) is 9.10 Å². The fourth-order valence-electron chi connectivity index (χ4n) is 4.21. The smallest absolute Gasteiger partial charge is 0.264 e. The topological polar surface area (TPSA) is 75.7 Å². The quantitative estimate of drug-likeness (QED) is 0.282. The molecule has 0 radical (unpaired) electrons. The van der Waals surface area contributed by atoms with Crippen LogP contribution in [0, 0.1) is 5.92 Å². The second kappa shape index (κ2) is 11.7. The van der Waals surface area contributed by atoms with Crippen molar-refractivity contribution in [1.29, 1.82) is 0 Å². The van der Waals surface area contributed by atoms with Crippen molar-refractivity contribution in [2.24, 2.45) is 5.92 Å². The third-order valence-electron chi connectivity index (χ3n) is 6.13. The minimum atomic E-state index is -4.04. The molecule has 0 bridgehead atoms. The van der Waals surface area contributed by atoms with Crippen molar-refractivity contribution in [2.45, 2.75) is 18.2 Å². The predicted molar refractivity (Wildman–Crippen MR) is 149 cm³/mol. The van der Waals surface area contributed by atoms with Gasteiger partial charge in [0.05, 0.1) is 17.7 Å². The number of sulfonamides is 1. The van der Waals surface area contributed by atoms with Crippen LogP contribution in [0.3, 0.4) is 0 Å². The number of methoxy groups -OCH3 is 1. The summed E-state index contributed by atoms with van der Waals surface area (Å²) in [6.45, 7) is 2.09. The normalized spacial score (nSPS) is 12.2. The van der Waals surface area contributed by atoms with E-state index in [2.05, 4.69) is 36.5 Å². The van der Waals surface area contributed by atoms with Gasteiger partial charge in [-0.05, 0) is 71.1 Å². The number of ether oxygens (including phenoxy) is 1. The molecule has 1 N–H and O–H groups in total. The summed E-state index contributed by atoms with van der Waals surface area (Å²) in [5.74, 6) is 0.278. The summed E-state index contributed by atoms with van der Waals surface area (Å²) in [7, 11) is -2.54. The van der Waals surface area contributed by atoms with Gasteiger partial charge in [0.15, 0.2) is 0 Å². The molecule has 0 aromatic heterocycles. The van der Waals surface area contributed by atoms with E-state index in [0.717, 1.165) is 10.7 Å². The Morgan fingerprint density at radius 2 is 1.68 bits per heavy atom. The second-order valence-corrected chi connectivity index (χ2v) is 11.2. The highest BCUT2D eigenvalue weighted by atomic mass is 35.5. The average molecular weight is 537 g/mol. The van der Waals surface area contributed by atoms with Gasteiger partial charge in [0, 0.05) is 11.6 Å². The zero-order valence-corrected chi connectivity index (χ0v) is 22.3. The lowest BCUT2D eigenvalue weighted by Crippen LogP contribution is -2.42. The summed E-state index contributed by atoms with van der Waals surface area (Å²) in [5, 5.41) is 5.65. The number of nitrogens with zero attached hydrogens (tertiary/aromatic N) is 1. The number of hydrogen-bond acceptors (Lipinski definition) is 4. The van der Waals surface area contributed by atoms with Crippen molar-refractivity contribution >= 4 is 44.0 Å². The van der Waals surface area contributed by atoms with E-state index in [1.54, 1.807) is 30.3 Å². The highest BCUT2D eigenvalue weighted by Gasteiger charge is 2.27. The molecule has 37 heavy (non-hydrogen) atoms. The lowest BCUT2D eigenvalue weighted by atomic mass is 9.96. The molecule has 8 heteroatoms. The number of carbonyl (C=O) groups excluding carboxylic acids is 1. The van der Waals surface area contributed by atoms with Gasteiger partial charge < -0.3 is 10.1 Å². The molecule has 4 aromatic rings. The van der Waals surface area contributed by atoms with Gasteiger partial charge in [-0.15, -0.1) is 0 Å². The molecule has 4 aromatic carbocycles. The molecule has 1 atom stereocenters. The van der Waals surface area contributed by atoms with E-state index in [1.807, 2.05) is 18.2 Å². The first-order chi connectivity index (χ1) is 17.8. The van der Waals surface area contributed by atoms with Crippen molar-refractivity contribution in [1.82, 2.24) is 5.32 Å². The minimum absolute atomic E-state index is 0.0467. The molecule has 1 unspecified atom stereocenters. The monoisotopic (exact) mass is 536 g/mol. The van der Waals surface area contributed by atoms with Crippen LogP contribution in [0.2, 0.25) is 5.02 Å². The Labute approximate surface area is 222 Å². The van der Waals surface area contributed by atoms with Crippen molar-refractivity contribution in [3.05, 3.63) is 102 Å². The Kier molecular flexibility index (Phi) is 8.36. The Morgan fingerprint density at radius 3 is 2.41 bits per heavy atom. The van der Waals surface area contributed by atoms with E-state index < -0.39 is 15.9 Å².